The molecule has 0 bridgehead atoms. The van der Waals surface area contributed by atoms with Crippen molar-refractivity contribution >= 4 is 32.8 Å². The maximum atomic E-state index is 6.12. The van der Waals surface area contributed by atoms with Gasteiger partial charge in [0.15, 0.2) is 5.58 Å². The third-order valence-electron chi connectivity index (χ3n) is 4.19. The second kappa shape index (κ2) is 4.65. The van der Waals surface area contributed by atoms with E-state index in [4.69, 9.17) is 4.42 Å². The highest BCUT2D eigenvalue weighted by Crippen LogP contribution is 2.36. The van der Waals surface area contributed by atoms with Crippen LogP contribution in [0.4, 0.5) is 0 Å². The van der Waals surface area contributed by atoms with Gasteiger partial charge in [0.25, 0.3) is 0 Å². The van der Waals surface area contributed by atoms with Crippen molar-refractivity contribution in [1.82, 2.24) is 9.97 Å². The lowest BCUT2D eigenvalue weighted by Gasteiger charge is -2.00. The van der Waals surface area contributed by atoms with Crippen molar-refractivity contribution in [1.29, 1.82) is 0 Å². The standard InChI is InChI=1S/C20H12N2O/c1-2-7-14(8-3-1)18-20-19(22-12-21-18)17-15-9-5-4-6-13(15)10-11-16(17)23-20/h1-12H. The summed E-state index contributed by atoms with van der Waals surface area (Å²) >= 11 is 0. The summed E-state index contributed by atoms with van der Waals surface area (Å²) in [5.74, 6) is 0. The Labute approximate surface area is 132 Å². The predicted octanol–water partition coefficient (Wildman–Crippen LogP) is 5.20. The summed E-state index contributed by atoms with van der Waals surface area (Å²) in [5.41, 5.74) is 4.31. The van der Waals surface area contributed by atoms with E-state index in [1.54, 1.807) is 6.33 Å². The number of aromatic nitrogens is 2. The van der Waals surface area contributed by atoms with Gasteiger partial charge in [-0.05, 0) is 16.8 Å². The van der Waals surface area contributed by atoms with Crippen LogP contribution in [0.25, 0.3) is 44.1 Å². The van der Waals surface area contributed by atoms with E-state index in [1.165, 1.54) is 5.39 Å². The molecule has 0 spiro atoms. The molecule has 3 nitrogen and oxygen atoms in total. The first-order valence-corrected chi connectivity index (χ1v) is 7.52. The third kappa shape index (κ3) is 1.77. The van der Waals surface area contributed by atoms with Crippen LogP contribution in [0.3, 0.4) is 0 Å². The van der Waals surface area contributed by atoms with Crippen LogP contribution in [-0.4, -0.2) is 9.97 Å². The predicted molar refractivity (Wildman–Crippen MR) is 92.3 cm³/mol. The molecule has 3 aromatic carbocycles. The molecule has 3 heteroatoms. The number of rotatable bonds is 1. The lowest BCUT2D eigenvalue weighted by atomic mass is 10.1. The monoisotopic (exact) mass is 296 g/mol. The number of benzene rings is 3. The molecule has 0 saturated heterocycles. The van der Waals surface area contributed by atoms with Gasteiger partial charge >= 0.3 is 0 Å². The zero-order valence-electron chi connectivity index (χ0n) is 12.2. The molecule has 0 amide bonds. The Morgan fingerprint density at radius 1 is 0.739 bits per heavy atom. The fraction of sp³-hybridized carbons (Fsp3) is 0. The van der Waals surface area contributed by atoms with Gasteiger partial charge in [0.05, 0.1) is 5.39 Å². The fourth-order valence-corrected chi connectivity index (χ4v) is 3.14. The zero-order chi connectivity index (χ0) is 15.2. The lowest BCUT2D eigenvalue weighted by Crippen LogP contribution is -1.86. The smallest absolute Gasteiger partial charge is 0.180 e. The molecule has 23 heavy (non-hydrogen) atoms. The van der Waals surface area contributed by atoms with Gasteiger partial charge in [0.2, 0.25) is 0 Å². The largest absolute Gasteiger partial charge is 0.452 e. The molecule has 2 heterocycles. The maximum absolute atomic E-state index is 6.12. The Bertz CT molecular complexity index is 1160. The molecule has 5 aromatic rings. The van der Waals surface area contributed by atoms with Crippen LogP contribution < -0.4 is 0 Å². The molecule has 0 unspecified atom stereocenters. The Balaban J connectivity index is 1.96. The summed E-state index contributed by atoms with van der Waals surface area (Å²) in [6.07, 6.45) is 1.61. The molecule has 0 aliphatic heterocycles. The normalized spacial score (nSPS) is 11.5. The topological polar surface area (TPSA) is 38.9 Å². The Morgan fingerprint density at radius 2 is 1.57 bits per heavy atom. The highest BCUT2D eigenvalue weighted by Gasteiger charge is 2.16. The first kappa shape index (κ1) is 12.4. The number of fused-ring (bicyclic) bond motifs is 5. The average molecular weight is 296 g/mol. The summed E-state index contributed by atoms with van der Waals surface area (Å²) in [5, 5.41) is 3.39. The van der Waals surface area contributed by atoms with Gasteiger partial charge in [-0.1, -0.05) is 60.7 Å². The van der Waals surface area contributed by atoms with Crippen molar-refractivity contribution < 1.29 is 4.42 Å². The minimum atomic E-state index is 0.741. The third-order valence-corrected chi connectivity index (χ3v) is 4.19. The highest BCUT2D eigenvalue weighted by atomic mass is 16.3. The van der Waals surface area contributed by atoms with Crippen molar-refractivity contribution in [3.8, 4) is 11.3 Å². The van der Waals surface area contributed by atoms with Crippen molar-refractivity contribution in [2.24, 2.45) is 0 Å². The molecule has 0 aliphatic carbocycles. The molecule has 0 fully saturated rings. The van der Waals surface area contributed by atoms with E-state index in [0.717, 1.165) is 38.7 Å². The highest BCUT2D eigenvalue weighted by molar-refractivity contribution is 6.18. The van der Waals surface area contributed by atoms with Crippen LogP contribution in [0.5, 0.6) is 0 Å². The van der Waals surface area contributed by atoms with Crippen LogP contribution in [0.2, 0.25) is 0 Å². The minimum absolute atomic E-state index is 0.741. The molecule has 5 rings (SSSR count). The van der Waals surface area contributed by atoms with E-state index in [-0.39, 0.29) is 0 Å². The second-order valence-electron chi connectivity index (χ2n) is 5.53. The summed E-state index contributed by atoms with van der Waals surface area (Å²) < 4.78 is 6.12. The SMILES string of the molecule is c1ccc(-c2ncnc3c2oc2ccc4ccccc4c23)cc1. The number of nitrogens with zero attached hydrogens (tertiary/aromatic N) is 2. The van der Waals surface area contributed by atoms with E-state index >= 15 is 0 Å². The fourth-order valence-electron chi connectivity index (χ4n) is 3.14. The van der Waals surface area contributed by atoms with E-state index in [2.05, 4.69) is 28.2 Å². The van der Waals surface area contributed by atoms with Crippen molar-refractivity contribution in [2.75, 3.05) is 0 Å². The van der Waals surface area contributed by atoms with Crippen molar-refractivity contribution in [2.45, 2.75) is 0 Å². The molecular weight excluding hydrogens is 284 g/mol. The zero-order valence-corrected chi connectivity index (χ0v) is 12.2. The summed E-state index contributed by atoms with van der Waals surface area (Å²) in [7, 11) is 0. The van der Waals surface area contributed by atoms with Gasteiger partial charge in [-0.2, -0.15) is 0 Å². The molecule has 0 atom stereocenters. The quantitative estimate of drug-likeness (QED) is 0.427. The number of hydrogen-bond donors (Lipinski definition) is 0. The van der Waals surface area contributed by atoms with Crippen LogP contribution in [0.1, 0.15) is 0 Å². The Hall–Kier alpha value is -3.20. The lowest BCUT2D eigenvalue weighted by molar-refractivity contribution is 0.667. The van der Waals surface area contributed by atoms with E-state index < -0.39 is 0 Å². The van der Waals surface area contributed by atoms with Crippen LogP contribution in [0.15, 0.2) is 77.5 Å². The van der Waals surface area contributed by atoms with Crippen LogP contribution >= 0.6 is 0 Å². The first-order chi connectivity index (χ1) is 11.4. The van der Waals surface area contributed by atoms with Gasteiger partial charge in [0.1, 0.15) is 23.1 Å². The number of hydrogen-bond acceptors (Lipinski definition) is 3. The number of furan rings is 1. The molecule has 0 saturated carbocycles. The van der Waals surface area contributed by atoms with Gasteiger partial charge in [-0.15, -0.1) is 0 Å². The average Bonchev–Trinajstić information content (AvgIpc) is 3.01. The van der Waals surface area contributed by atoms with Gasteiger partial charge in [-0.25, -0.2) is 9.97 Å². The van der Waals surface area contributed by atoms with Gasteiger partial charge < -0.3 is 4.42 Å². The Morgan fingerprint density at radius 3 is 2.48 bits per heavy atom. The molecule has 0 N–H and O–H groups in total. The van der Waals surface area contributed by atoms with Crippen LogP contribution in [0, 0.1) is 0 Å². The summed E-state index contributed by atoms with van der Waals surface area (Å²) in [6.45, 7) is 0. The van der Waals surface area contributed by atoms with Crippen molar-refractivity contribution in [3.05, 3.63) is 73.1 Å². The van der Waals surface area contributed by atoms with Gasteiger partial charge in [-0.3, -0.25) is 0 Å². The molecular formula is C20H12N2O. The van der Waals surface area contributed by atoms with Crippen LogP contribution in [-0.2, 0) is 0 Å². The van der Waals surface area contributed by atoms with E-state index in [9.17, 15) is 0 Å². The Kier molecular flexibility index (Phi) is 2.50. The second-order valence-corrected chi connectivity index (χ2v) is 5.53. The first-order valence-electron chi connectivity index (χ1n) is 7.52. The molecule has 0 aliphatic rings. The van der Waals surface area contributed by atoms with Gasteiger partial charge in [0, 0.05) is 5.56 Å². The molecule has 0 radical (unpaired) electrons. The minimum Gasteiger partial charge on any atom is -0.452 e. The maximum Gasteiger partial charge on any atom is 0.180 e. The van der Waals surface area contributed by atoms with E-state index in [0.29, 0.717) is 0 Å². The summed E-state index contributed by atoms with van der Waals surface area (Å²) in [4.78, 5) is 8.95. The van der Waals surface area contributed by atoms with E-state index in [1.807, 2.05) is 48.5 Å². The summed E-state index contributed by atoms with van der Waals surface area (Å²) in [6, 6.07) is 22.4. The molecule has 2 aromatic heterocycles. The van der Waals surface area contributed by atoms with Crippen molar-refractivity contribution in [3.63, 3.8) is 0 Å². The molecule has 108 valence electrons.